The first-order valence-electron chi connectivity index (χ1n) is 10.2. The zero-order chi connectivity index (χ0) is 19.5. The number of benzene rings is 1. The lowest BCUT2D eigenvalue weighted by Gasteiger charge is -2.33. The Bertz CT molecular complexity index is 868. The highest BCUT2D eigenvalue weighted by atomic mass is 16.2. The smallest absolute Gasteiger partial charge is 0.263 e. The van der Waals surface area contributed by atoms with Crippen LogP contribution in [0.15, 0.2) is 41.3 Å². The monoisotopic (exact) mass is 380 g/mol. The Balaban J connectivity index is 1.29. The second-order valence-electron chi connectivity index (χ2n) is 8.18. The molecule has 2 heterocycles. The lowest BCUT2D eigenvalue weighted by molar-refractivity contribution is 0.0735. The topological polar surface area (TPSA) is 69.3 Å². The minimum Gasteiger partial charge on any atom is -0.341 e. The Hall–Kier alpha value is -2.47. The van der Waals surface area contributed by atoms with Gasteiger partial charge >= 0.3 is 0 Å². The molecule has 2 aromatic rings. The van der Waals surface area contributed by atoms with Crippen LogP contribution in [0.5, 0.6) is 0 Å². The van der Waals surface area contributed by atoms with Gasteiger partial charge in [-0.3, -0.25) is 14.5 Å². The molecule has 0 spiro atoms. The Morgan fingerprint density at radius 2 is 1.89 bits per heavy atom. The van der Waals surface area contributed by atoms with Crippen LogP contribution in [0.2, 0.25) is 0 Å². The van der Waals surface area contributed by atoms with Crippen LogP contribution in [0.25, 0.3) is 0 Å². The van der Waals surface area contributed by atoms with Crippen LogP contribution in [-0.4, -0.2) is 52.4 Å². The number of H-pyrrole nitrogens is 1. The van der Waals surface area contributed by atoms with Crippen molar-refractivity contribution in [2.75, 3.05) is 26.7 Å². The molecule has 4 rings (SSSR count). The van der Waals surface area contributed by atoms with Gasteiger partial charge in [-0.1, -0.05) is 30.3 Å². The van der Waals surface area contributed by atoms with Gasteiger partial charge in [0.1, 0.15) is 11.4 Å². The number of piperidine rings is 1. The second kappa shape index (κ2) is 8.27. The first-order valence-corrected chi connectivity index (χ1v) is 10.2. The number of aromatic nitrogens is 2. The average Bonchev–Trinajstić information content (AvgIpc) is 3.55. The van der Waals surface area contributed by atoms with Gasteiger partial charge in [-0.25, -0.2) is 4.98 Å². The van der Waals surface area contributed by atoms with E-state index in [1.165, 1.54) is 11.8 Å². The highest BCUT2D eigenvalue weighted by Crippen LogP contribution is 2.37. The zero-order valence-corrected chi connectivity index (χ0v) is 16.4. The van der Waals surface area contributed by atoms with E-state index in [0.29, 0.717) is 18.4 Å². The number of carbonyl (C=O) groups is 1. The Kier molecular flexibility index (Phi) is 5.57. The molecule has 1 aliphatic heterocycles. The van der Waals surface area contributed by atoms with Crippen LogP contribution in [0, 0.1) is 5.92 Å². The molecule has 1 aromatic carbocycles. The second-order valence-corrected chi connectivity index (χ2v) is 8.18. The fourth-order valence-corrected chi connectivity index (χ4v) is 3.97. The molecule has 1 saturated heterocycles. The molecule has 6 nitrogen and oxygen atoms in total. The Morgan fingerprint density at radius 1 is 1.18 bits per heavy atom. The lowest BCUT2D eigenvalue weighted by atomic mass is 9.95. The number of rotatable bonds is 6. The summed E-state index contributed by atoms with van der Waals surface area (Å²) in [5.74, 6) is 1.33. The Labute approximate surface area is 165 Å². The number of likely N-dealkylation sites (tertiary alicyclic amines) is 1. The summed E-state index contributed by atoms with van der Waals surface area (Å²) in [6.07, 6.45) is 5.73. The van der Waals surface area contributed by atoms with Gasteiger partial charge in [-0.05, 0) is 50.3 Å². The molecule has 28 heavy (non-hydrogen) atoms. The lowest BCUT2D eigenvalue weighted by Crippen LogP contribution is -2.40. The summed E-state index contributed by atoms with van der Waals surface area (Å²) in [4.78, 5) is 36.2. The van der Waals surface area contributed by atoms with Crippen LogP contribution in [-0.2, 0) is 6.54 Å². The first-order chi connectivity index (χ1) is 13.6. The van der Waals surface area contributed by atoms with Crippen molar-refractivity contribution >= 4 is 5.91 Å². The number of carbonyl (C=O) groups excluding carboxylic acids is 1. The molecule has 1 aromatic heterocycles. The molecule has 2 aliphatic rings. The molecule has 0 radical (unpaired) electrons. The van der Waals surface area contributed by atoms with Crippen LogP contribution in [0.4, 0.5) is 0 Å². The van der Waals surface area contributed by atoms with Crippen molar-refractivity contribution in [3.63, 3.8) is 0 Å². The number of aromatic amines is 1. The maximum absolute atomic E-state index is 12.7. The van der Waals surface area contributed by atoms with Crippen LogP contribution in [0.3, 0.4) is 0 Å². The molecule has 0 atom stereocenters. The summed E-state index contributed by atoms with van der Waals surface area (Å²) in [5.41, 5.74) is 1.18. The van der Waals surface area contributed by atoms with Crippen molar-refractivity contribution in [2.24, 2.45) is 5.92 Å². The fraction of sp³-hybridized carbons (Fsp3) is 0.500. The number of amides is 1. The van der Waals surface area contributed by atoms with E-state index in [1.807, 2.05) is 6.07 Å². The zero-order valence-electron chi connectivity index (χ0n) is 16.4. The van der Waals surface area contributed by atoms with Crippen molar-refractivity contribution < 1.29 is 4.79 Å². The predicted molar refractivity (Wildman–Crippen MR) is 108 cm³/mol. The maximum atomic E-state index is 12.7. The van der Waals surface area contributed by atoms with Crippen LogP contribution in [0.1, 0.15) is 53.3 Å². The SMILES string of the molecule is CN(CC1CCN(Cc2ccccc2)CC1)C(=O)c1cnc(C2CC2)[nH]c1=O. The quantitative estimate of drug-likeness (QED) is 0.836. The van der Waals surface area contributed by atoms with E-state index in [1.54, 1.807) is 11.9 Å². The van der Waals surface area contributed by atoms with Crippen molar-refractivity contribution in [1.82, 2.24) is 19.8 Å². The summed E-state index contributed by atoms with van der Waals surface area (Å²) in [5, 5.41) is 0. The molecular formula is C22H28N4O2. The summed E-state index contributed by atoms with van der Waals surface area (Å²) in [7, 11) is 1.78. The summed E-state index contributed by atoms with van der Waals surface area (Å²) >= 11 is 0. The van der Waals surface area contributed by atoms with Gasteiger partial charge in [0.15, 0.2) is 0 Å². The average molecular weight is 380 g/mol. The summed E-state index contributed by atoms with van der Waals surface area (Å²) in [6.45, 7) is 3.75. The number of hydrogen-bond acceptors (Lipinski definition) is 4. The number of hydrogen-bond donors (Lipinski definition) is 1. The molecular weight excluding hydrogens is 352 g/mol. The van der Waals surface area contributed by atoms with E-state index in [0.717, 1.165) is 51.1 Å². The van der Waals surface area contributed by atoms with E-state index in [2.05, 4.69) is 39.1 Å². The molecule has 6 heteroatoms. The van der Waals surface area contributed by atoms with Gasteiger partial charge in [0, 0.05) is 32.3 Å². The largest absolute Gasteiger partial charge is 0.341 e. The normalized spacial score (nSPS) is 18.2. The van der Waals surface area contributed by atoms with Crippen LogP contribution < -0.4 is 5.56 Å². The van der Waals surface area contributed by atoms with Crippen LogP contribution >= 0.6 is 0 Å². The van der Waals surface area contributed by atoms with Crippen molar-refractivity contribution in [1.29, 1.82) is 0 Å². The molecule has 1 amide bonds. The van der Waals surface area contributed by atoms with Crippen molar-refractivity contribution in [2.45, 2.75) is 38.1 Å². The van der Waals surface area contributed by atoms with Crippen molar-refractivity contribution in [3.8, 4) is 0 Å². The van der Waals surface area contributed by atoms with E-state index >= 15 is 0 Å². The van der Waals surface area contributed by atoms with Gasteiger partial charge in [-0.15, -0.1) is 0 Å². The third kappa shape index (κ3) is 4.50. The number of nitrogens with one attached hydrogen (secondary N) is 1. The highest BCUT2D eigenvalue weighted by Gasteiger charge is 2.28. The van der Waals surface area contributed by atoms with E-state index in [-0.39, 0.29) is 17.0 Å². The third-order valence-corrected chi connectivity index (χ3v) is 5.85. The van der Waals surface area contributed by atoms with Gasteiger partial charge in [0.2, 0.25) is 0 Å². The summed E-state index contributed by atoms with van der Waals surface area (Å²) in [6, 6.07) is 10.5. The highest BCUT2D eigenvalue weighted by molar-refractivity contribution is 5.93. The minimum absolute atomic E-state index is 0.147. The van der Waals surface area contributed by atoms with E-state index in [9.17, 15) is 9.59 Å². The Morgan fingerprint density at radius 3 is 2.54 bits per heavy atom. The predicted octanol–water partition coefficient (Wildman–Crippen LogP) is 2.63. The third-order valence-electron chi connectivity index (χ3n) is 5.85. The number of nitrogens with zero attached hydrogens (tertiary/aromatic N) is 3. The standard InChI is InChI=1S/C22H28N4O2/c1-25(22(28)19-13-23-20(18-7-8-18)24-21(19)27)14-17-9-11-26(12-10-17)15-16-5-3-2-4-6-16/h2-6,13,17-18H,7-12,14-15H2,1H3,(H,23,24,27). The van der Waals surface area contributed by atoms with Gasteiger partial charge < -0.3 is 9.88 Å². The maximum Gasteiger partial charge on any atom is 0.263 e. The van der Waals surface area contributed by atoms with Gasteiger partial charge in [0.25, 0.3) is 11.5 Å². The van der Waals surface area contributed by atoms with Gasteiger partial charge in [0.05, 0.1) is 0 Å². The molecule has 1 saturated carbocycles. The molecule has 148 valence electrons. The fourth-order valence-electron chi connectivity index (χ4n) is 3.97. The first kappa shape index (κ1) is 18.9. The molecule has 0 bridgehead atoms. The summed E-state index contributed by atoms with van der Waals surface area (Å²) < 4.78 is 0. The van der Waals surface area contributed by atoms with E-state index in [4.69, 9.17) is 0 Å². The minimum atomic E-state index is -0.313. The molecule has 0 unspecified atom stereocenters. The molecule has 2 fully saturated rings. The van der Waals surface area contributed by atoms with Crippen molar-refractivity contribution in [3.05, 3.63) is 63.8 Å². The molecule has 1 aliphatic carbocycles. The van der Waals surface area contributed by atoms with Gasteiger partial charge in [-0.2, -0.15) is 0 Å². The van der Waals surface area contributed by atoms with E-state index < -0.39 is 0 Å². The molecule has 1 N–H and O–H groups in total.